The van der Waals surface area contributed by atoms with Gasteiger partial charge in [0.05, 0.1) is 24.2 Å². The van der Waals surface area contributed by atoms with Gasteiger partial charge in [-0.15, -0.1) is 0 Å². The van der Waals surface area contributed by atoms with Crippen molar-refractivity contribution in [3.63, 3.8) is 0 Å². The Hall–Kier alpha value is -2.11. The van der Waals surface area contributed by atoms with Crippen molar-refractivity contribution in [3.8, 4) is 5.75 Å². The lowest BCUT2D eigenvalue weighted by atomic mass is 10.2. The predicted octanol–water partition coefficient (Wildman–Crippen LogP) is 2.56. The summed E-state index contributed by atoms with van der Waals surface area (Å²) in [6.45, 7) is 0.427. The molecule has 6 heteroatoms. The molecule has 19 heavy (non-hydrogen) atoms. The quantitative estimate of drug-likeness (QED) is 0.448. The lowest BCUT2D eigenvalue weighted by Gasteiger charge is -2.07. The Labute approximate surface area is 110 Å². The van der Waals surface area contributed by atoms with E-state index in [1.807, 2.05) is 0 Å². The van der Waals surface area contributed by atoms with Crippen LogP contribution in [0.4, 0.5) is 5.69 Å². The number of nitrogens with zero attached hydrogens (tertiary/aromatic N) is 1. The second kappa shape index (κ2) is 5.69. The van der Waals surface area contributed by atoms with Crippen LogP contribution in [0.2, 0.25) is 0 Å². The van der Waals surface area contributed by atoms with Crippen molar-refractivity contribution >= 4 is 11.7 Å². The molecule has 1 aromatic rings. The minimum absolute atomic E-state index is 0.119. The van der Waals surface area contributed by atoms with E-state index in [-0.39, 0.29) is 17.0 Å². The maximum Gasteiger partial charge on any atom is 0.337 e. The van der Waals surface area contributed by atoms with Crippen molar-refractivity contribution < 1.29 is 19.2 Å². The summed E-state index contributed by atoms with van der Waals surface area (Å²) in [6.07, 6.45) is 3.29. The van der Waals surface area contributed by atoms with Gasteiger partial charge in [0.1, 0.15) is 0 Å². The molecule has 0 aliphatic heterocycles. The van der Waals surface area contributed by atoms with E-state index < -0.39 is 10.9 Å². The minimum atomic E-state index is -0.540. The normalized spacial score (nSPS) is 13.9. The SMILES string of the molecule is COC(=O)c1ccc([N+](=O)[O-])c(OCCC2CC2)c1. The van der Waals surface area contributed by atoms with E-state index in [0.717, 1.165) is 6.42 Å². The van der Waals surface area contributed by atoms with Crippen molar-refractivity contribution in [1.29, 1.82) is 0 Å². The highest BCUT2D eigenvalue weighted by molar-refractivity contribution is 5.90. The zero-order valence-electron chi connectivity index (χ0n) is 10.6. The van der Waals surface area contributed by atoms with Crippen molar-refractivity contribution in [2.24, 2.45) is 5.92 Å². The molecule has 1 aliphatic rings. The van der Waals surface area contributed by atoms with Crippen LogP contribution in [-0.2, 0) is 4.74 Å². The largest absolute Gasteiger partial charge is 0.487 e. The number of methoxy groups -OCH3 is 1. The number of esters is 1. The topological polar surface area (TPSA) is 78.7 Å². The van der Waals surface area contributed by atoms with Gasteiger partial charge in [0, 0.05) is 12.1 Å². The molecular weight excluding hydrogens is 250 g/mol. The summed E-state index contributed by atoms with van der Waals surface area (Å²) in [5.41, 5.74) is 0.109. The zero-order chi connectivity index (χ0) is 13.8. The Bertz CT molecular complexity index is 496. The fraction of sp³-hybridized carbons (Fsp3) is 0.462. The van der Waals surface area contributed by atoms with Gasteiger partial charge in [-0.1, -0.05) is 12.8 Å². The molecule has 1 saturated carbocycles. The summed E-state index contributed by atoms with van der Waals surface area (Å²) in [5, 5.41) is 10.9. The van der Waals surface area contributed by atoms with Gasteiger partial charge in [-0.3, -0.25) is 10.1 Å². The molecule has 0 aromatic heterocycles. The molecule has 1 fully saturated rings. The van der Waals surface area contributed by atoms with Gasteiger partial charge < -0.3 is 9.47 Å². The van der Waals surface area contributed by atoms with E-state index in [4.69, 9.17) is 4.74 Å². The third kappa shape index (κ3) is 3.43. The first kappa shape index (κ1) is 13.3. The van der Waals surface area contributed by atoms with Crippen LogP contribution in [0.5, 0.6) is 5.75 Å². The molecule has 1 aromatic carbocycles. The summed E-state index contributed by atoms with van der Waals surface area (Å²) in [7, 11) is 1.26. The molecule has 0 radical (unpaired) electrons. The summed E-state index contributed by atoms with van der Waals surface area (Å²) >= 11 is 0. The first-order chi connectivity index (χ1) is 9.11. The highest BCUT2D eigenvalue weighted by Crippen LogP contribution is 2.33. The molecule has 0 amide bonds. The first-order valence-electron chi connectivity index (χ1n) is 6.11. The van der Waals surface area contributed by atoms with Gasteiger partial charge in [0.25, 0.3) is 0 Å². The molecule has 102 valence electrons. The molecule has 0 bridgehead atoms. The number of nitro benzene ring substituents is 1. The molecular formula is C13H15NO5. The Morgan fingerprint density at radius 1 is 1.47 bits per heavy atom. The van der Waals surface area contributed by atoms with Crippen LogP contribution in [0.25, 0.3) is 0 Å². The highest BCUT2D eigenvalue weighted by Gasteiger charge is 2.22. The minimum Gasteiger partial charge on any atom is -0.487 e. The molecule has 2 rings (SSSR count). The number of hydrogen-bond donors (Lipinski definition) is 0. The monoisotopic (exact) mass is 265 g/mol. The highest BCUT2D eigenvalue weighted by atomic mass is 16.6. The van der Waals surface area contributed by atoms with Gasteiger partial charge in [-0.25, -0.2) is 4.79 Å². The smallest absolute Gasteiger partial charge is 0.337 e. The lowest BCUT2D eigenvalue weighted by Crippen LogP contribution is -2.05. The van der Waals surface area contributed by atoms with E-state index in [9.17, 15) is 14.9 Å². The molecule has 0 heterocycles. The number of rotatable bonds is 6. The molecule has 0 spiro atoms. The zero-order valence-corrected chi connectivity index (χ0v) is 10.6. The van der Waals surface area contributed by atoms with Gasteiger partial charge in [-0.2, -0.15) is 0 Å². The second-order valence-electron chi connectivity index (χ2n) is 4.51. The Balaban J connectivity index is 2.14. The second-order valence-corrected chi connectivity index (χ2v) is 4.51. The van der Waals surface area contributed by atoms with Crippen molar-refractivity contribution in [3.05, 3.63) is 33.9 Å². The fourth-order valence-corrected chi connectivity index (χ4v) is 1.77. The number of benzene rings is 1. The van der Waals surface area contributed by atoms with Gasteiger partial charge in [0.2, 0.25) is 0 Å². The average molecular weight is 265 g/mol. The van der Waals surface area contributed by atoms with Crippen molar-refractivity contribution in [2.75, 3.05) is 13.7 Å². The number of ether oxygens (including phenoxy) is 2. The van der Waals surface area contributed by atoms with Crippen LogP contribution in [0.3, 0.4) is 0 Å². The van der Waals surface area contributed by atoms with Crippen LogP contribution in [0.15, 0.2) is 18.2 Å². The van der Waals surface area contributed by atoms with E-state index in [1.54, 1.807) is 0 Å². The van der Waals surface area contributed by atoms with Gasteiger partial charge >= 0.3 is 11.7 Å². The third-order valence-corrected chi connectivity index (χ3v) is 3.06. The van der Waals surface area contributed by atoms with Crippen LogP contribution in [0.1, 0.15) is 29.6 Å². The maximum atomic E-state index is 11.4. The molecule has 0 unspecified atom stereocenters. The Morgan fingerprint density at radius 3 is 2.79 bits per heavy atom. The maximum absolute atomic E-state index is 11.4. The Kier molecular flexibility index (Phi) is 3.99. The number of carbonyl (C=O) groups excluding carboxylic acids is 1. The van der Waals surface area contributed by atoms with Crippen LogP contribution >= 0.6 is 0 Å². The van der Waals surface area contributed by atoms with Gasteiger partial charge in [-0.05, 0) is 18.4 Å². The van der Waals surface area contributed by atoms with Crippen LogP contribution in [0, 0.1) is 16.0 Å². The Morgan fingerprint density at radius 2 is 2.21 bits per heavy atom. The molecule has 6 nitrogen and oxygen atoms in total. The van der Waals surface area contributed by atoms with E-state index in [1.165, 1.54) is 38.2 Å². The summed E-state index contributed by atoms with van der Waals surface area (Å²) < 4.78 is 10.0. The van der Waals surface area contributed by atoms with Gasteiger partial charge in [0.15, 0.2) is 5.75 Å². The molecule has 1 aliphatic carbocycles. The lowest BCUT2D eigenvalue weighted by molar-refractivity contribution is -0.385. The standard InChI is InChI=1S/C13H15NO5/c1-18-13(15)10-4-5-11(14(16)17)12(8-10)19-7-6-9-2-3-9/h4-5,8-9H,2-3,6-7H2,1H3. The third-order valence-electron chi connectivity index (χ3n) is 3.06. The van der Waals surface area contributed by atoms with Crippen molar-refractivity contribution in [2.45, 2.75) is 19.3 Å². The van der Waals surface area contributed by atoms with Crippen LogP contribution < -0.4 is 4.74 Å². The number of nitro groups is 1. The summed E-state index contributed by atoms with van der Waals surface area (Å²) in [4.78, 5) is 21.8. The number of hydrogen-bond acceptors (Lipinski definition) is 5. The number of carbonyl (C=O) groups is 1. The van der Waals surface area contributed by atoms with Crippen molar-refractivity contribution in [1.82, 2.24) is 0 Å². The van der Waals surface area contributed by atoms with E-state index >= 15 is 0 Å². The summed E-state index contributed by atoms with van der Waals surface area (Å²) in [6, 6.07) is 3.98. The first-order valence-corrected chi connectivity index (χ1v) is 6.11. The molecule has 0 N–H and O–H groups in total. The predicted molar refractivity (Wildman–Crippen MR) is 67.3 cm³/mol. The van der Waals surface area contributed by atoms with E-state index in [0.29, 0.717) is 12.5 Å². The fourth-order valence-electron chi connectivity index (χ4n) is 1.77. The average Bonchev–Trinajstić information content (AvgIpc) is 3.21. The van der Waals surface area contributed by atoms with Crippen LogP contribution in [-0.4, -0.2) is 24.6 Å². The molecule has 0 atom stereocenters. The molecule has 0 saturated heterocycles. The van der Waals surface area contributed by atoms with E-state index in [2.05, 4.69) is 4.74 Å². The summed E-state index contributed by atoms with van der Waals surface area (Å²) in [5.74, 6) is 0.262.